The molecule has 3 aromatic rings. The van der Waals surface area contributed by atoms with Gasteiger partial charge in [-0.25, -0.2) is 18.7 Å². The predicted molar refractivity (Wildman–Crippen MR) is 103 cm³/mol. The van der Waals surface area contributed by atoms with E-state index in [4.69, 9.17) is 17.3 Å². The Morgan fingerprint density at radius 2 is 1.76 bits per heavy atom. The third-order valence-electron chi connectivity index (χ3n) is 4.53. The van der Waals surface area contributed by atoms with Crippen LogP contribution in [-0.2, 0) is 11.2 Å². The minimum atomic E-state index is -1.00. The van der Waals surface area contributed by atoms with Crippen LogP contribution in [0.5, 0.6) is 0 Å². The van der Waals surface area contributed by atoms with E-state index in [1.807, 2.05) is 6.92 Å². The molecular formula is C20H13ClF2N4O2. The van der Waals surface area contributed by atoms with E-state index in [1.54, 1.807) is 24.3 Å². The fraction of sp³-hybridized carbons (Fsp3) is 0.100. The first-order chi connectivity index (χ1) is 13.8. The van der Waals surface area contributed by atoms with Crippen LogP contribution in [0, 0.1) is 18.6 Å². The molecule has 29 heavy (non-hydrogen) atoms. The number of hydrogen-bond acceptors (Lipinski definition) is 4. The number of benzene rings is 2. The molecular weight excluding hydrogens is 402 g/mol. The average molecular weight is 415 g/mol. The van der Waals surface area contributed by atoms with Crippen molar-refractivity contribution in [2.24, 2.45) is 5.73 Å². The molecule has 1 aliphatic rings. The van der Waals surface area contributed by atoms with Gasteiger partial charge in [-0.05, 0) is 31.2 Å². The summed E-state index contributed by atoms with van der Waals surface area (Å²) >= 11 is 5.67. The van der Waals surface area contributed by atoms with Crippen LogP contribution >= 0.6 is 11.6 Å². The molecule has 0 aliphatic carbocycles. The first kappa shape index (κ1) is 18.9. The van der Waals surface area contributed by atoms with Crippen LogP contribution in [0.2, 0.25) is 5.02 Å². The lowest BCUT2D eigenvalue weighted by atomic mass is 10.1. The normalized spacial score (nSPS) is 13.0. The summed E-state index contributed by atoms with van der Waals surface area (Å²) in [5, 5.41) is -0.142. The highest BCUT2D eigenvalue weighted by Crippen LogP contribution is 2.37. The van der Waals surface area contributed by atoms with Gasteiger partial charge in [0.05, 0.1) is 17.7 Å². The number of halogens is 3. The molecule has 146 valence electrons. The molecule has 0 bridgehead atoms. The third-order valence-corrected chi connectivity index (χ3v) is 4.75. The molecule has 0 saturated carbocycles. The fourth-order valence-electron chi connectivity index (χ4n) is 3.20. The van der Waals surface area contributed by atoms with E-state index in [9.17, 15) is 18.4 Å². The van der Waals surface area contributed by atoms with Gasteiger partial charge in [0.1, 0.15) is 23.1 Å². The summed E-state index contributed by atoms with van der Waals surface area (Å²) in [6.07, 6.45) is -0.159. The van der Waals surface area contributed by atoms with Gasteiger partial charge in [-0.3, -0.25) is 14.5 Å². The molecule has 6 nitrogen and oxygen atoms in total. The van der Waals surface area contributed by atoms with E-state index in [2.05, 4.69) is 9.97 Å². The number of rotatable bonds is 3. The number of carbonyl (C=O) groups is 2. The molecule has 2 amide bonds. The fourth-order valence-corrected chi connectivity index (χ4v) is 3.39. The third kappa shape index (κ3) is 3.21. The van der Waals surface area contributed by atoms with Gasteiger partial charge < -0.3 is 5.73 Å². The van der Waals surface area contributed by atoms with Crippen molar-refractivity contribution >= 4 is 34.9 Å². The van der Waals surface area contributed by atoms with E-state index in [-0.39, 0.29) is 34.4 Å². The predicted octanol–water partition coefficient (Wildman–Crippen LogP) is 3.70. The van der Waals surface area contributed by atoms with E-state index in [0.717, 1.165) is 17.7 Å². The Kier molecular flexibility index (Phi) is 4.50. The van der Waals surface area contributed by atoms with Crippen LogP contribution in [0.3, 0.4) is 0 Å². The zero-order chi connectivity index (χ0) is 20.9. The zero-order valence-corrected chi connectivity index (χ0v) is 15.8. The second kappa shape index (κ2) is 6.89. The Balaban J connectivity index is 1.97. The number of aryl methyl sites for hydroxylation is 1. The number of amides is 2. The monoisotopic (exact) mass is 414 g/mol. The summed E-state index contributed by atoms with van der Waals surface area (Å²) < 4.78 is 28.8. The number of carbonyl (C=O) groups excluding carboxylic acids is 2. The van der Waals surface area contributed by atoms with Crippen LogP contribution in [0.15, 0.2) is 36.4 Å². The molecule has 2 N–H and O–H groups in total. The summed E-state index contributed by atoms with van der Waals surface area (Å²) in [4.78, 5) is 34.1. The van der Waals surface area contributed by atoms with Gasteiger partial charge in [0.25, 0.3) is 5.91 Å². The Labute approximate surface area is 168 Å². The molecule has 1 aliphatic heterocycles. The second-order valence-corrected chi connectivity index (χ2v) is 6.98. The standard InChI is InChI=1S/C20H13ClF2N4O2/c1-9-2-4-11(5-3-9)27-15(28)8-12-17(18(24)29)25-19(26-20(12)27)16-13(22)6-10(21)7-14(16)23/h2-7H,8H2,1H3,(H2,24,29). The molecule has 0 unspecified atom stereocenters. The minimum absolute atomic E-state index is 0.0615. The number of primary amides is 1. The maximum atomic E-state index is 14.4. The van der Waals surface area contributed by atoms with Crippen LogP contribution in [0.1, 0.15) is 21.6 Å². The summed E-state index contributed by atoms with van der Waals surface area (Å²) in [6, 6.07) is 8.83. The van der Waals surface area contributed by atoms with Crippen molar-refractivity contribution in [2.75, 3.05) is 4.90 Å². The molecule has 0 fully saturated rings. The molecule has 0 spiro atoms. The molecule has 9 heteroatoms. The number of fused-ring (bicyclic) bond motifs is 1. The SMILES string of the molecule is Cc1ccc(N2C(=O)Cc3c(C(N)=O)nc(-c4c(F)cc(Cl)cc4F)nc32)cc1. The van der Waals surface area contributed by atoms with Crippen LogP contribution in [-0.4, -0.2) is 21.8 Å². The highest BCUT2D eigenvalue weighted by atomic mass is 35.5. The maximum absolute atomic E-state index is 14.4. The topological polar surface area (TPSA) is 89.2 Å². The molecule has 2 heterocycles. The summed E-state index contributed by atoms with van der Waals surface area (Å²) in [5.41, 5.74) is 6.27. The summed E-state index contributed by atoms with van der Waals surface area (Å²) in [7, 11) is 0. The van der Waals surface area contributed by atoms with Gasteiger partial charge in [0, 0.05) is 10.6 Å². The van der Waals surface area contributed by atoms with E-state index in [0.29, 0.717) is 5.69 Å². The van der Waals surface area contributed by atoms with E-state index >= 15 is 0 Å². The number of nitrogens with zero attached hydrogens (tertiary/aromatic N) is 3. The smallest absolute Gasteiger partial charge is 0.267 e. The largest absolute Gasteiger partial charge is 0.364 e. The molecule has 0 radical (unpaired) electrons. The first-order valence-corrected chi connectivity index (χ1v) is 8.89. The van der Waals surface area contributed by atoms with Gasteiger partial charge in [-0.1, -0.05) is 29.3 Å². The van der Waals surface area contributed by atoms with Crippen molar-refractivity contribution in [1.82, 2.24) is 9.97 Å². The average Bonchev–Trinajstić information content (AvgIpc) is 2.96. The minimum Gasteiger partial charge on any atom is -0.364 e. The van der Waals surface area contributed by atoms with E-state index < -0.39 is 28.9 Å². The van der Waals surface area contributed by atoms with Crippen molar-refractivity contribution in [1.29, 1.82) is 0 Å². The Bertz CT molecular complexity index is 1160. The van der Waals surface area contributed by atoms with Gasteiger partial charge in [-0.15, -0.1) is 0 Å². The summed E-state index contributed by atoms with van der Waals surface area (Å²) in [6.45, 7) is 1.89. The number of nitrogens with two attached hydrogens (primary N) is 1. The van der Waals surface area contributed by atoms with Gasteiger partial charge in [0.15, 0.2) is 5.82 Å². The van der Waals surface area contributed by atoms with Crippen LogP contribution < -0.4 is 10.6 Å². The van der Waals surface area contributed by atoms with Crippen LogP contribution in [0.4, 0.5) is 20.3 Å². The van der Waals surface area contributed by atoms with Crippen molar-refractivity contribution in [3.63, 3.8) is 0 Å². The lowest BCUT2D eigenvalue weighted by molar-refractivity contribution is -0.116. The highest BCUT2D eigenvalue weighted by molar-refractivity contribution is 6.30. The first-order valence-electron chi connectivity index (χ1n) is 8.51. The lowest BCUT2D eigenvalue weighted by Gasteiger charge is -2.18. The quantitative estimate of drug-likeness (QED) is 0.707. The number of aromatic nitrogens is 2. The molecule has 0 saturated heterocycles. The van der Waals surface area contributed by atoms with Crippen molar-refractivity contribution in [3.05, 3.63) is 69.9 Å². The Hall–Kier alpha value is -3.39. The Morgan fingerprint density at radius 3 is 2.34 bits per heavy atom. The molecule has 0 atom stereocenters. The van der Waals surface area contributed by atoms with Crippen molar-refractivity contribution in [2.45, 2.75) is 13.3 Å². The van der Waals surface area contributed by atoms with E-state index in [1.165, 1.54) is 4.90 Å². The van der Waals surface area contributed by atoms with Gasteiger partial charge in [-0.2, -0.15) is 0 Å². The van der Waals surface area contributed by atoms with Crippen molar-refractivity contribution in [3.8, 4) is 11.4 Å². The zero-order valence-electron chi connectivity index (χ0n) is 15.0. The van der Waals surface area contributed by atoms with Gasteiger partial charge in [0.2, 0.25) is 5.91 Å². The van der Waals surface area contributed by atoms with Crippen molar-refractivity contribution < 1.29 is 18.4 Å². The number of anilines is 2. The molecule has 4 rings (SSSR count). The lowest BCUT2D eigenvalue weighted by Crippen LogP contribution is -2.21. The molecule has 1 aromatic heterocycles. The van der Waals surface area contributed by atoms with Gasteiger partial charge >= 0.3 is 0 Å². The Morgan fingerprint density at radius 1 is 1.14 bits per heavy atom. The van der Waals surface area contributed by atoms with Crippen LogP contribution in [0.25, 0.3) is 11.4 Å². The maximum Gasteiger partial charge on any atom is 0.267 e. The highest BCUT2D eigenvalue weighted by Gasteiger charge is 2.35. The second-order valence-electron chi connectivity index (χ2n) is 6.55. The number of hydrogen-bond donors (Lipinski definition) is 1. The molecule has 2 aromatic carbocycles. The summed E-state index contributed by atoms with van der Waals surface area (Å²) in [5.74, 6) is -3.65.